The number of carbonyl (C=O) groups is 2. The Hall–Kier alpha value is -3.28. The average Bonchev–Trinajstić information content (AvgIpc) is 3.55. The summed E-state index contributed by atoms with van der Waals surface area (Å²) in [5.74, 6) is 0.781. The van der Waals surface area contributed by atoms with E-state index in [1.165, 1.54) is 10.9 Å². The number of fused-ring (bicyclic) bond motifs is 1. The summed E-state index contributed by atoms with van der Waals surface area (Å²) in [7, 11) is 0. The molecule has 0 saturated heterocycles. The molecule has 0 aliphatic heterocycles. The van der Waals surface area contributed by atoms with Gasteiger partial charge < -0.3 is 19.5 Å². The van der Waals surface area contributed by atoms with Crippen molar-refractivity contribution in [3.05, 3.63) is 65.9 Å². The molecule has 1 aliphatic rings. The van der Waals surface area contributed by atoms with Crippen molar-refractivity contribution < 1.29 is 14.3 Å². The highest BCUT2D eigenvalue weighted by Gasteiger charge is 2.33. The number of ether oxygens (including phenoxy) is 1. The lowest BCUT2D eigenvalue weighted by atomic mass is 10.1. The summed E-state index contributed by atoms with van der Waals surface area (Å²) >= 11 is 0. The molecule has 1 fully saturated rings. The summed E-state index contributed by atoms with van der Waals surface area (Å²) in [5, 5.41) is 1.18. The second-order valence-corrected chi connectivity index (χ2v) is 8.38. The molecule has 2 amide bonds. The number of carbonyl (C=O) groups excluding carboxylic acids is 2. The molecule has 1 N–H and O–H groups in total. The van der Waals surface area contributed by atoms with Gasteiger partial charge in [0.2, 0.25) is 11.8 Å². The van der Waals surface area contributed by atoms with Gasteiger partial charge in [-0.3, -0.25) is 9.59 Å². The molecule has 0 radical (unpaired) electrons. The topological polar surface area (TPSA) is 65.6 Å². The van der Waals surface area contributed by atoms with E-state index in [4.69, 9.17) is 4.74 Å². The monoisotopic (exact) mass is 433 g/mol. The SMILES string of the molecule is CCOc1ccc(CN(CCc2c[nH]c3ccccc23)C(=O)CN(C(C)=O)C2CC2)cc1. The summed E-state index contributed by atoms with van der Waals surface area (Å²) in [6.45, 7) is 5.36. The van der Waals surface area contributed by atoms with Crippen molar-refractivity contribution >= 4 is 22.7 Å². The Morgan fingerprint density at radius 3 is 2.53 bits per heavy atom. The number of hydrogen-bond acceptors (Lipinski definition) is 3. The maximum atomic E-state index is 13.3. The third-order valence-electron chi connectivity index (χ3n) is 5.98. The van der Waals surface area contributed by atoms with Crippen LogP contribution in [0, 0.1) is 0 Å². The molecular weight excluding hydrogens is 402 g/mol. The van der Waals surface area contributed by atoms with Gasteiger partial charge in [-0.25, -0.2) is 0 Å². The normalized spacial score (nSPS) is 13.2. The van der Waals surface area contributed by atoms with Crippen molar-refractivity contribution in [2.24, 2.45) is 0 Å². The zero-order chi connectivity index (χ0) is 22.5. The number of rotatable bonds is 10. The van der Waals surface area contributed by atoms with Crippen LogP contribution in [0.3, 0.4) is 0 Å². The summed E-state index contributed by atoms with van der Waals surface area (Å²) < 4.78 is 5.53. The summed E-state index contributed by atoms with van der Waals surface area (Å²) in [5.41, 5.74) is 3.33. The molecule has 1 aromatic heterocycles. The quantitative estimate of drug-likeness (QED) is 0.522. The van der Waals surface area contributed by atoms with Gasteiger partial charge in [0.15, 0.2) is 0 Å². The highest BCUT2D eigenvalue weighted by molar-refractivity contribution is 5.85. The maximum absolute atomic E-state index is 13.3. The van der Waals surface area contributed by atoms with Gasteiger partial charge in [-0.05, 0) is 55.5 Å². The van der Waals surface area contributed by atoms with Crippen LogP contribution in [-0.4, -0.2) is 52.3 Å². The Bertz CT molecular complexity index is 1070. The van der Waals surface area contributed by atoms with E-state index in [0.717, 1.165) is 36.1 Å². The Morgan fingerprint density at radius 2 is 1.84 bits per heavy atom. The average molecular weight is 434 g/mol. The van der Waals surface area contributed by atoms with Crippen molar-refractivity contribution in [3.63, 3.8) is 0 Å². The van der Waals surface area contributed by atoms with E-state index in [-0.39, 0.29) is 24.4 Å². The summed E-state index contributed by atoms with van der Waals surface area (Å²) in [4.78, 5) is 32.3. The van der Waals surface area contributed by atoms with Crippen molar-refractivity contribution in [1.29, 1.82) is 0 Å². The fraction of sp³-hybridized carbons (Fsp3) is 0.385. The van der Waals surface area contributed by atoms with Crippen LogP contribution < -0.4 is 4.74 Å². The molecule has 1 saturated carbocycles. The molecule has 0 spiro atoms. The largest absolute Gasteiger partial charge is 0.494 e. The first-order chi connectivity index (χ1) is 15.5. The van der Waals surface area contributed by atoms with Gasteiger partial charge in [0.05, 0.1) is 6.61 Å². The van der Waals surface area contributed by atoms with Gasteiger partial charge >= 0.3 is 0 Å². The summed E-state index contributed by atoms with van der Waals surface area (Å²) in [6.07, 6.45) is 4.74. The molecule has 0 atom stereocenters. The maximum Gasteiger partial charge on any atom is 0.242 e. The molecule has 6 heteroatoms. The van der Waals surface area contributed by atoms with E-state index in [1.807, 2.05) is 54.4 Å². The highest BCUT2D eigenvalue weighted by Crippen LogP contribution is 2.27. The van der Waals surface area contributed by atoms with E-state index < -0.39 is 0 Å². The summed E-state index contributed by atoms with van der Waals surface area (Å²) in [6, 6.07) is 16.3. The molecule has 6 nitrogen and oxygen atoms in total. The predicted octanol–water partition coefficient (Wildman–Crippen LogP) is 4.15. The van der Waals surface area contributed by atoms with Crippen molar-refractivity contribution in [2.45, 2.75) is 45.7 Å². The number of para-hydroxylation sites is 1. The van der Waals surface area contributed by atoms with Crippen molar-refractivity contribution in [1.82, 2.24) is 14.8 Å². The first kappa shape index (κ1) is 21.9. The molecule has 4 rings (SSSR count). The molecule has 0 bridgehead atoms. The number of aromatic nitrogens is 1. The molecule has 3 aromatic rings. The van der Waals surface area contributed by atoms with E-state index in [0.29, 0.717) is 19.7 Å². The Kier molecular flexibility index (Phi) is 6.78. The first-order valence-corrected chi connectivity index (χ1v) is 11.4. The van der Waals surface area contributed by atoms with Gasteiger partial charge in [0.1, 0.15) is 12.3 Å². The highest BCUT2D eigenvalue weighted by atomic mass is 16.5. The second-order valence-electron chi connectivity index (χ2n) is 8.38. The minimum absolute atomic E-state index is 0.0131. The van der Waals surface area contributed by atoms with Crippen LogP contribution in [0.5, 0.6) is 5.75 Å². The van der Waals surface area contributed by atoms with Gasteiger partial charge in [-0.1, -0.05) is 30.3 Å². The van der Waals surface area contributed by atoms with Crippen molar-refractivity contribution in [2.75, 3.05) is 19.7 Å². The zero-order valence-corrected chi connectivity index (χ0v) is 18.8. The van der Waals surface area contributed by atoms with Gasteiger partial charge in [-0.15, -0.1) is 0 Å². The predicted molar refractivity (Wildman–Crippen MR) is 125 cm³/mol. The fourth-order valence-corrected chi connectivity index (χ4v) is 4.09. The number of aromatic amines is 1. The number of H-pyrrole nitrogens is 1. The lowest BCUT2D eigenvalue weighted by Gasteiger charge is -2.27. The third kappa shape index (κ3) is 5.31. The lowest BCUT2D eigenvalue weighted by Crippen LogP contribution is -2.43. The van der Waals surface area contributed by atoms with Gasteiger partial charge in [0.25, 0.3) is 0 Å². The van der Waals surface area contributed by atoms with E-state index in [1.54, 1.807) is 11.8 Å². The molecule has 168 valence electrons. The van der Waals surface area contributed by atoms with Crippen LogP contribution in [0.1, 0.15) is 37.8 Å². The fourth-order valence-electron chi connectivity index (χ4n) is 4.09. The van der Waals surface area contributed by atoms with Crippen molar-refractivity contribution in [3.8, 4) is 5.75 Å². The van der Waals surface area contributed by atoms with Gasteiger partial charge in [0, 0.05) is 43.2 Å². The molecule has 0 unspecified atom stereocenters. The Labute approximate surface area is 189 Å². The first-order valence-electron chi connectivity index (χ1n) is 11.4. The number of nitrogens with zero attached hydrogens (tertiary/aromatic N) is 2. The Balaban J connectivity index is 1.49. The minimum atomic E-state index is -0.0292. The van der Waals surface area contributed by atoms with Crippen LogP contribution in [0.4, 0.5) is 0 Å². The smallest absolute Gasteiger partial charge is 0.242 e. The molecule has 1 heterocycles. The van der Waals surface area contributed by atoms with Crippen LogP contribution in [0.25, 0.3) is 10.9 Å². The van der Waals surface area contributed by atoms with Crippen LogP contribution in [0.15, 0.2) is 54.7 Å². The standard InChI is InChI=1S/C26H31N3O3/c1-3-32-23-12-8-20(9-13-23)17-28(26(31)18-29(19(2)30)22-10-11-22)15-14-21-16-27-25-7-5-4-6-24(21)25/h4-9,12-13,16,22,27H,3,10-11,14-15,17-18H2,1-2H3. The zero-order valence-electron chi connectivity index (χ0n) is 18.8. The molecule has 1 aliphatic carbocycles. The third-order valence-corrected chi connectivity index (χ3v) is 5.98. The number of benzene rings is 2. The van der Waals surface area contributed by atoms with Crippen LogP contribution >= 0.6 is 0 Å². The number of nitrogens with one attached hydrogen (secondary N) is 1. The van der Waals surface area contributed by atoms with Gasteiger partial charge in [-0.2, -0.15) is 0 Å². The minimum Gasteiger partial charge on any atom is -0.494 e. The molecule has 2 aromatic carbocycles. The number of amides is 2. The van der Waals surface area contributed by atoms with E-state index in [9.17, 15) is 9.59 Å². The lowest BCUT2D eigenvalue weighted by molar-refractivity contribution is -0.140. The molecular formula is C26H31N3O3. The van der Waals surface area contributed by atoms with Crippen LogP contribution in [-0.2, 0) is 22.6 Å². The van der Waals surface area contributed by atoms with E-state index >= 15 is 0 Å². The van der Waals surface area contributed by atoms with Crippen LogP contribution in [0.2, 0.25) is 0 Å². The number of hydrogen-bond donors (Lipinski definition) is 1. The second kappa shape index (κ2) is 9.90. The Morgan fingerprint density at radius 1 is 1.09 bits per heavy atom. The van der Waals surface area contributed by atoms with E-state index in [2.05, 4.69) is 17.1 Å². The molecule has 32 heavy (non-hydrogen) atoms.